The molecule has 1 amide bonds. The number of ether oxygens (including phenoxy) is 1. The van der Waals surface area contributed by atoms with Crippen LogP contribution in [0.15, 0.2) is 47.2 Å². The number of pyridine rings is 1. The highest BCUT2D eigenvalue weighted by Crippen LogP contribution is 2.27. The Hall–Kier alpha value is -1.88. The zero-order valence-electron chi connectivity index (χ0n) is 10.4. The lowest BCUT2D eigenvalue weighted by Gasteiger charge is -2.10. The first kappa shape index (κ1) is 13.5. The number of halogens is 1. The maximum absolute atomic E-state index is 12.0. The molecule has 0 unspecified atom stereocenters. The SMILES string of the molecule is COc1ccc(Br)cc1NC(=O)Cc1cccnc1. The first-order chi connectivity index (χ1) is 9.19. The number of benzene rings is 1. The van der Waals surface area contributed by atoms with Gasteiger partial charge in [-0.25, -0.2) is 0 Å². The molecule has 98 valence electrons. The molecule has 0 aliphatic rings. The van der Waals surface area contributed by atoms with Crippen molar-refractivity contribution < 1.29 is 9.53 Å². The van der Waals surface area contributed by atoms with Gasteiger partial charge >= 0.3 is 0 Å². The van der Waals surface area contributed by atoms with Crippen molar-refractivity contribution in [1.29, 1.82) is 0 Å². The van der Waals surface area contributed by atoms with Gasteiger partial charge in [-0.1, -0.05) is 22.0 Å². The number of carbonyl (C=O) groups is 1. The third-order valence-electron chi connectivity index (χ3n) is 2.52. The van der Waals surface area contributed by atoms with Crippen LogP contribution in [0.1, 0.15) is 5.56 Å². The zero-order valence-corrected chi connectivity index (χ0v) is 12.0. The predicted octanol–water partition coefficient (Wildman–Crippen LogP) is 3.03. The number of aromatic nitrogens is 1. The van der Waals surface area contributed by atoms with Gasteiger partial charge in [-0.05, 0) is 29.8 Å². The number of carbonyl (C=O) groups excluding carboxylic acids is 1. The van der Waals surface area contributed by atoms with E-state index in [1.807, 2.05) is 18.2 Å². The molecule has 2 rings (SSSR count). The fraction of sp³-hybridized carbons (Fsp3) is 0.143. The number of amides is 1. The van der Waals surface area contributed by atoms with Gasteiger partial charge in [0, 0.05) is 16.9 Å². The van der Waals surface area contributed by atoms with E-state index in [4.69, 9.17) is 4.74 Å². The second-order valence-corrected chi connectivity index (χ2v) is 4.85. The van der Waals surface area contributed by atoms with Crippen molar-refractivity contribution in [3.63, 3.8) is 0 Å². The number of hydrogen-bond acceptors (Lipinski definition) is 3. The van der Waals surface area contributed by atoms with Gasteiger partial charge in [-0.3, -0.25) is 9.78 Å². The Balaban J connectivity index is 2.09. The van der Waals surface area contributed by atoms with E-state index >= 15 is 0 Å². The topological polar surface area (TPSA) is 51.2 Å². The number of rotatable bonds is 4. The van der Waals surface area contributed by atoms with Gasteiger partial charge in [0.25, 0.3) is 0 Å². The smallest absolute Gasteiger partial charge is 0.228 e. The standard InChI is InChI=1S/C14H13BrN2O2/c1-19-13-5-4-11(15)8-12(13)17-14(18)7-10-3-2-6-16-9-10/h2-6,8-9H,7H2,1H3,(H,17,18). The van der Waals surface area contributed by atoms with Crippen LogP contribution >= 0.6 is 15.9 Å². The molecule has 0 fully saturated rings. The van der Waals surface area contributed by atoms with E-state index in [0.29, 0.717) is 11.4 Å². The fourth-order valence-corrected chi connectivity index (χ4v) is 2.02. The third kappa shape index (κ3) is 3.79. The lowest BCUT2D eigenvalue weighted by Crippen LogP contribution is -2.15. The normalized spacial score (nSPS) is 10.0. The Morgan fingerprint density at radius 2 is 2.26 bits per heavy atom. The van der Waals surface area contributed by atoms with E-state index in [1.165, 1.54) is 0 Å². The van der Waals surface area contributed by atoms with Crippen molar-refractivity contribution in [3.8, 4) is 5.75 Å². The molecule has 0 aliphatic heterocycles. The van der Waals surface area contributed by atoms with Crippen LogP contribution < -0.4 is 10.1 Å². The number of nitrogens with one attached hydrogen (secondary N) is 1. The Bertz CT molecular complexity index is 573. The minimum atomic E-state index is -0.107. The van der Waals surface area contributed by atoms with Gasteiger partial charge in [-0.2, -0.15) is 0 Å². The quantitative estimate of drug-likeness (QED) is 0.942. The zero-order chi connectivity index (χ0) is 13.7. The summed E-state index contributed by atoms with van der Waals surface area (Å²) < 4.78 is 6.08. The van der Waals surface area contributed by atoms with E-state index in [9.17, 15) is 4.79 Å². The minimum absolute atomic E-state index is 0.107. The lowest BCUT2D eigenvalue weighted by atomic mass is 10.2. The summed E-state index contributed by atoms with van der Waals surface area (Å²) in [5.41, 5.74) is 1.51. The van der Waals surface area contributed by atoms with Gasteiger partial charge < -0.3 is 10.1 Å². The molecule has 1 heterocycles. The van der Waals surface area contributed by atoms with E-state index in [0.717, 1.165) is 10.0 Å². The Labute approximate surface area is 119 Å². The van der Waals surface area contributed by atoms with Crippen LogP contribution in [0.5, 0.6) is 5.75 Å². The van der Waals surface area contributed by atoms with Gasteiger partial charge in [0.2, 0.25) is 5.91 Å². The number of hydrogen-bond donors (Lipinski definition) is 1. The summed E-state index contributed by atoms with van der Waals surface area (Å²) in [4.78, 5) is 15.9. The molecule has 0 bridgehead atoms. The summed E-state index contributed by atoms with van der Waals surface area (Å²) in [6.45, 7) is 0. The molecule has 0 radical (unpaired) electrons. The van der Waals surface area contributed by atoms with Crippen LogP contribution in [0.2, 0.25) is 0 Å². The predicted molar refractivity (Wildman–Crippen MR) is 77.3 cm³/mol. The van der Waals surface area contributed by atoms with Crippen molar-refractivity contribution in [2.24, 2.45) is 0 Å². The first-order valence-electron chi connectivity index (χ1n) is 5.71. The van der Waals surface area contributed by atoms with Crippen molar-refractivity contribution in [2.75, 3.05) is 12.4 Å². The van der Waals surface area contributed by atoms with Gasteiger partial charge in [0.05, 0.1) is 19.2 Å². The Morgan fingerprint density at radius 1 is 1.42 bits per heavy atom. The van der Waals surface area contributed by atoms with Crippen molar-refractivity contribution in [1.82, 2.24) is 4.98 Å². The highest BCUT2D eigenvalue weighted by atomic mass is 79.9. The Morgan fingerprint density at radius 3 is 2.95 bits per heavy atom. The first-order valence-corrected chi connectivity index (χ1v) is 6.50. The molecule has 0 saturated carbocycles. The number of nitrogens with zero attached hydrogens (tertiary/aromatic N) is 1. The van der Waals surface area contributed by atoms with Crippen molar-refractivity contribution in [3.05, 3.63) is 52.8 Å². The molecular formula is C14H13BrN2O2. The second kappa shape index (κ2) is 6.33. The van der Waals surface area contributed by atoms with E-state index < -0.39 is 0 Å². The molecule has 1 aromatic carbocycles. The van der Waals surface area contributed by atoms with Gasteiger partial charge in [0.1, 0.15) is 5.75 Å². The van der Waals surface area contributed by atoms with Crippen molar-refractivity contribution >= 4 is 27.5 Å². The molecule has 4 nitrogen and oxygen atoms in total. The highest BCUT2D eigenvalue weighted by molar-refractivity contribution is 9.10. The molecule has 0 aliphatic carbocycles. The second-order valence-electron chi connectivity index (χ2n) is 3.93. The van der Waals surface area contributed by atoms with Crippen molar-refractivity contribution in [2.45, 2.75) is 6.42 Å². The van der Waals surface area contributed by atoms with Crippen LogP contribution in [-0.4, -0.2) is 18.0 Å². The molecule has 0 saturated heterocycles. The van der Waals surface area contributed by atoms with Crippen LogP contribution in [0.4, 0.5) is 5.69 Å². The molecular weight excluding hydrogens is 308 g/mol. The Kier molecular flexibility index (Phi) is 4.52. The summed E-state index contributed by atoms with van der Waals surface area (Å²) in [5, 5.41) is 2.83. The summed E-state index contributed by atoms with van der Waals surface area (Å²) in [6.07, 6.45) is 3.64. The number of anilines is 1. The van der Waals surface area contributed by atoms with Gasteiger partial charge in [0.15, 0.2) is 0 Å². The highest BCUT2D eigenvalue weighted by Gasteiger charge is 2.08. The maximum atomic E-state index is 12.0. The lowest BCUT2D eigenvalue weighted by molar-refractivity contribution is -0.115. The summed E-state index contributed by atoms with van der Waals surface area (Å²) in [5.74, 6) is 0.520. The average molecular weight is 321 g/mol. The third-order valence-corrected chi connectivity index (χ3v) is 3.02. The average Bonchev–Trinajstić information content (AvgIpc) is 2.40. The minimum Gasteiger partial charge on any atom is -0.495 e. The summed E-state index contributed by atoms with van der Waals surface area (Å²) in [6, 6.07) is 9.13. The summed E-state index contributed by atoms with van der Waals surface area (Å²) >= 11 is 3.37. The number of methoxy groups -OCH3 is 1. The molecule has 5 heteroatoms. The fourth-order valence-electron chi connectivity index (χ4n) is 1.66. The molecule has 1 N–H and O–H groups in total. The molecule has 2 aromatic rings. The van der Waals surface area contributed by atoms with E-state index in [1.54, 1.807) is 31.6 Å². The van der Waals surface area contributed by atoms with Gasteiger partial charge in [-0.15, -0.1) is 0 Å². The molecule has 0 spiro atoms. The van der Waals surface area contributed by atoms with Crippen LogP contribution in [0.25, 0.3) is 0 Å². The summed E-state index contributed by atoms with van der Waals surface area (Å²) in [7, 11) is 1.57. The van der Waals surface area contributed by atoms with Crippen LogP contribution in [-0.2, 0) is 11.2 Å². The molecule has 19 heavy (non-hydrogen) atoms. The monoisotopic (exact) mass is 320 g/mol. The van der Waals surface area contributed by atoms with E-state index in [-0.39, 0.29) is 12.3 Å². The maximum Gasteiger partial charge on any atom is 0.228 e. The molecule has 1 aromatic heterocycles. The largest absolute Gasteiger partial charge is 0.495 e. The molecule has 0 atom stereocenters. The van der Waals surface area contributed by atoms with E-state index in [2.05, 4.69) is 26.2 Å². The van der Waals surface area contributed by atoms with Crippen LogP contribution in [0.3, 0.4) is 0 Å². The van der Waals surface area contributed by atoms with Crippen LogP contribution in [0, 0.1) is 0 Å².